The minimum atomic E-state index is -0.528. The molecule has 15 heavy (non-hydrogen) atoms. The minimum Gasteiger partial charge on any atom is -0.323 e. The zero-order valence-electron chi connectivity index (χ0n) is 8.26. The Morgan fingerprint density at radius 1 is 1.53 bits per heavy atom. The number of carbonyl (C=O) groups is 1. The lowest BCUT2D eigenvalue weighted by Gasteiger charge is -2.11. The Kier molecular flexibility index (Phi) is 4.39. The SMILES string of the molecule is CC[C@@H](N)C(=O)Nc1cc(Cl)ccc1Cl. The van der Waals surface area contributed by atoms with Gasteiger partial charge >= 0.3 is 0 Å². The maximum Gasteiger partial charge on any atom is 0.241 e. The Morgan fingerprint density at radius 2 is 2.20 bits per heavy atom. The Bertz CT molecular complexity index is 368. The Hall–Kier alpha value is -0.770. The van der Waals surface area contributed by atoms with Crippen molar-refractivity contribution in [3.8, 4) is 0 Å². The fourth-order valence-corrected chi connectivity index (χ4v) is 1.34. The maximum atomic E-state index is 11.5. The number of halogens is 2. The van der Waals surface area contributed by atoms with Crippen LogP contribution in [0.5, 0.6) is 0 Å². The van der Waals surface area contributed by atoms with Gasteiger partial charge in [-0.2, -0.15) is 0 Å². The number of carbonyl (C=O) groups excluding carboxylic acids is 1. The number of nitrogens with two attached hydrogens (primary N) is 1. The highest BCUT2D eigenvalue weighted by atomic mass is 35.5. The Balaban J connectivity index is 2.80. The molecule has 3 N–H and O–H groups in total. The number of rotatable bonds is 3. The van der Waals surface area contributed by atoms with Crippen molar-refractivity contribution in [3.05, 3.63) is 28.2 Å². The predicted octanol–water partition coefficient (Wildman–Crippen LogP) is 2.67. The third-order valence-electron chi connectivity index (χ3n) is 1.96. The van der Waals surface area contributed by atoms with Crippen molar-refractivity contribution >= 4 is 34.8 Å². The van der Waals surface area contributed by atoms with Crippen molar-refractivity contribution in [1.29, 1.82) is 0 Å². The predicted molar refractivity (Wildman–Crippen MR) is 63.4 cm³/mol. The molecule has 0 aliphatic rings. The molecule has 82 valence electrons. The lowest BCUT2D eigenvalue weighted by atomic mass is 10.2. The number of anilines is 1. The van der Waals surface area contributed by atoms with Crippen molar-refractivity contribution in [3.63, 3.8) is 0 Å². The van der Waals surface area contributed by atoms with Crippen molar-refractivity contribution in [2.75, 3.05) is 5.32 Å². The first-order valence-corrected chi connectivity index (χ1v) is 5.31. The number of benzene rings is 1. The molecule has 0 spiro atoms. The molecular weight excluding hydrogens is 235 g/mol. The first-order chi connectivity index (χ1) is 7.04. The van der Waals surface area contributed by atoms with E-state index >= 15 is 0 Å². The molecule has 0 saturated heterocycles. The highest BCUT2D eigenvalue weighted by Gasteiger charge is 2.12. The van der Waals surface area contributed by atoms with Gasteiger partial charge in [0.2, 0.25) is 5.91 Å². The number of hydrogen-bond donors (Lipinski definition) is 2. The molecule has 1 aromatic rings. The molecule has 0 aliphatic heterocycles. The number of hydrogen-bond acceptors (Lipinski definition) is 2. The van der Waals surface area contributed by atoms with Crippen LogP contribution >= 0.6 is 23.2 Å². The average Bonchev–Trinajstić information content (AvgIpc) is 2.22. The van der Waals surface area contributed by atoms with Gasteiger partial charge in [0.25, 0.3) is 0 Å². The highest BCUT2D eigenvalue weighted by Crippen LogP contribution is 2.25. The monoisotopic (exact) mass is 246 g/mol. The summed E-state index contributed by atoms with van der Waals surface area (Å²) in [6.07, 6.45) is 0.573. The molecule has 1 atom stereocenters. The van der Waals surface area contributed by atoms with Crippen molar-refractivity contribution in [1.82, 2.24) is 0 Å². The van der Waals surface area contributed by atoms with Crippen LogP contribution in [-0.4, -0.2) is 11.9 Å². The third kappa shape index (κ3) is 3.38. The van der Waals surface area contributed by atoms with Crippen molar-refractivity contribution in [2.45, 2.75) is 19.4 Å². The van der Waals surface area contributed by atoms with Crippen molar-refractivity contribution in [2.24, 2.45) is 5.73 Å². The van der Waals surface area contributed by atoms with Gasteiger partial charge in [0.05, 0.1) is 16.8 Å². The summed E-state index contributed by atoms with van der Waals surface area (Å²) in [4.78, 5) is 11.5. The summed E-state index contributed by atoms with van der Waals surface area (Å²) in [5.41, 5.74) is 6.05. The Morgan fingerprint density at radius 3 is 2.80 bits per heavy atom. The fraction of sp³-hybridized carbons (Fsp3) is 0.300. The first kappa shape index (κ1) is 12.3. The van der Waals surface area contributed by atoms with Crippen LogP contribution in [0.1, 0.15) is 13.3 Å². The minimum absolute atomic E-state index is 0.262. The van der Waals surface area contributed by atoms with E-state index in [2.05, 4.69) is 5.32 Å². The molecular formula is C10H12Cl2N2O. The van der Waals surface area contributed by atoms with Gasteiger partial charge in [0.1, 0.15) is 0 Å². The van der Waals surface area contributed by atoms with Gasteiger partial charge in [-0.15, -0.1) is 0 Å². The summed E-state index contributed by atoms with van der Waals surface area (Å²) in [6, 6.07) is 4.33. The smallest absolute Gasteiger partial charge is 0.241 e. The zero-order valence-corrected chi connectivity index (χ0v) is 9.77. The van der Waals surface area contributed by atoms with E-state index in [1.807, 2.05) is 6.92 Å². The van der Waals surface area contributed by atoms with Gasteiger partial charge in [-0.05, 0) is 24.6 Å². The molecule has 5 heteroatoms. The quantitative estimate of drug-likeness (QED) is 0.862. The standard InChI is InChI=1S/C10H12Cl2N2O/c1-2-8(13)10(15)14-9-5-6(11)3-4-7(9)12/h3-5,8H,2,13H2,1H3,(H,14,15)/t8-/m1/s1. The van der Waals surface area contributed by atoms with Gasteiger partial charge in [-0.3, -0.25) is 4.79 Å². The molecule has 0 aliphatic carbocycles. The first-order valence-electron chi connectivity index (χ1n) is 4.56. The van der Waals surface area contributed by atoms with E-state index in [0.29, 0.717) is 22.2 Å². The van der Waals surface area contributed by atoms with Crippen LogP contribution in [0.15, 0.2) is 18.2 Å². The van der Waals surface area contributed by atoms with E-state index in [1.165, 1.54) is 0 Å². The van der Waals surface area contributed by atoms with Gasteiger partial charge in [-0.1, -0.05) is 30.1 Å². The van der Waals surface area contributed by atoms with E-state index in [1.54, 1.807) is 18.2 Å². The van der Waals surface area contributed by atoms with E-state index in [4.69, 9.17) is 28.9 Å². The molecule has 1 amide bonds. The van der Waals surface area contributed by atoms with Crippen LogP contribution in [0.2, 0.25) is 10.0 Å². The summed E-state index contributed by atoms with van der Waals surface area (Å²) in [5.74, 6) is -0.262. The topological polar surface area (TPSA) is 55.1 Å². The van der Waals surface area contributed by atoms with E-state index in [-0.39, 0.29) is 5.91 Å². The summed E-state index contributed by atoms with van der Waals surface area (Å²) in [7, 11) is 0. The number of nitrogens with one attached hydrogen (secondary N) is 1. The maximum absolute atomic E-state index is 11.5. The van der Waals surface area contributed by atoms with Gasteiger partial charge in [0, 0.05) is 5.02 Å². The lowest BCUT2D eigenvalue weighted by molar-refractivity contribution is -0.117. The number of amides is 1. The second-order valence-electron chi connectivity index (χ2n) is 3.13. The highest BCUT2D eigenvalue weighted by molar-refractivity contribution is 6.35. The van der Waals surface area contributed by atoms with Crippen LogP contribution in [0, 0.1) is 0 Å². The van der Waals surface area contributed by atoms with Gasteiger partial charge < -0.3 is 11.1 Å². The molecule has 0 fully saturated rings. The lowest BCUT2D eigenvalue weighted by Crippen LogP contribution is -2.34. The zero-order chi connectivity index (χ0) is 11.4. The van der Waals surface area contributed by atoms with Crippen molar-refractivity contribution < 1.29 is 4.79 Å². The summed E-state index contributed by atoms with van der Waals surface area (Å²) in [5, 5.41) is 3.58. The third-order valence-corrected chi connectivity index (χ3v) is 2.53. The fourth-order valence-electron chi connectivity index (χ4n) is 1.00. The molecule has 0 heterocycles. The van der Waals surface area contributed by atoms with E-state index < -0.39 is 6.04 Å². The summed E-state index contributed by atoms with van der Waals surface area (Å²) < 4.78 is 0. The molecule has 0 aromatic heterocycles. The van der Waals surface area contributed by atoms with E-state index in [9.17, 15) is 4.79 Å². The normalized spacial score (nSPS) is 12.3. The van der Waals surface area contributed by atoms with Crippen LogP contribution in [0.25, 0.3) is 0 Å². The molecule has 0 bridgehead atoms. The Labute approximate surface area is 98.5 Å². The van der Waals surface area contributed by atoms with Gasteiger partial charge in [0.15, 0.2) is 0 Å². The van der Waals surface area contributed by atoms with E-state index in [0.717, 1.165) is 0 Å². The molecule has 1 aromatic carbocycles. The second-order valence-corrected chi connectivity index (χ2v) is 3.97. The molecule has 1 rings (SSSR count). The van der Waals surface area contributed by atoms with Crippen LogP contribution in [0.3, 0.4) is 0 Å². The summed E-state index contributed by atoms with van der Waals surface area (Å²) >= 11 is 11.6. The van der Waals surface area contributed by atoms with Crippen LogP contribution in [-0.2, 0) is 4.79 Å². The molecule has 0 radical (unpaired) electrons. The van der Waals surface area contributed by atoms with Crippen LogP contribution < -0.4 is 11.1 Å². The molecule has 3 nitrogen and oxygen atoms in total. The average molecular weight is 247 g/mol. The largest absolute Gasteiger partial charge is 0.323 e. The summed E-state index contributed by atoms with van der Waals surface area (Å²) in [6.45, 7) is 1.84. The molecule has 0 unspecified atom stereocenters. The van der Waals surface area contributed by atoms with Crippen LogP contribution in [0.4, 0.5) is 5.69 Å². The molecule has 0 saturated carbocycles. The second kappa shape index (κ2) is 5.35. The van der Waals surface area contributed by atoms with Gasteiger partial charge in [-0.25, -0.2) is 0 Å².